The Kier molecular flexibility index (Phi) is 4.48. The van der Waals surface area contributed by atoms with Crippen LogP contribution in [0, 0.1) is 5.41 Å². The third-order valence-corrected chi connectivity index (χ3v) is 5.02. The summed E-state index contributed by atoms with van der Waals surface area (Å²) in [6.45, 7) is 9.86. The zero-order chi connectivity index (χ0) is 14.0. The molecule has 0 unspecified atom stereocenters. The molecular weight excluding hydrogens is 250 g/mol. The molecule has 1 heterocycles. The summed E-state index contributed by atoms with van der Waals surface area (Å²) in [5.74, 6) is 0.181. The summed E-state index contributed by atoms with van der Waals surface area (Å²) in [4.78, 5) is 25.1. The maximum atomic E-state index is 12.1. The molecule has 1 rings (SSSR count). The van der Waals surface area contributed by atoms with Crippen molar-refractivity contribution in [1.82, 2.24) is 4.90 Å². The number of hydrogen-bond donors (Lipinski definition) is 0. The Morgan fingerprint density at radius 3 is 2.61 bits per heavy atom. The van der Waals surface area contributed by atoms with E-state index >= 15 is 0 Å². The molecule has 1 saturated heterocycles. The van der Waals surface area contributed by atoms with E-state index in [0.717, 1.165) is 6.41 Å². The van der Waals surface area contributed by atoms with Gasteiger partial charge in [-0.1, -0.05) is 26.8 Å². The van der Waals surface area contributed by atoms with Gasteiger partial charge in [-0.3, -0.25) is 4.79 Å². The van der Waals surface area contributed by atoms with Crippen molar-refractivity contribution < 1.29 is 14.3 Å². The number of nitrogens with zero attached hydrogens (tertiary/aromatic N) is 1. The highest BCUT2D eigenvalue weighted by atomic mass is 32.2. The Hall–Kier alpha value is -0.970. The molecule has 0 radical (unpaired) electrons. The molecular formula is C13H21NO3S. The molecule has 0 aromatic carbocycles. The van der Waals surface area contributed by atoms with E-state index in [1.165, 1.54) is 7.11 Å². The van der Waals surface area contributed by atoms with E-state index in [-0.39, 0.29) is 16.8 Å². The predicted molar refractivity (Wildman–Crippen MR) is 73.2 cm³/mol. The molecule has 2 atom stereocenters. The highest BCUT2D eigenvalue weighted by Crippen LogP contribution is 2.46. The smallest absolute Gasteiger partial charge is 0.333 e. The van der Waals surface area contributed by atoms with E-state index < -0.39 is 5.54 Å². The molecule has 0 aromatic heterocycles. The second-order valence-electron chi connectivity index (χ2n) is 5.56. The van der Waals surface area contributed by atoms with Crippen molar-refractivity contribution in [2.75, 3.05) is 12.9 Å². The van der Waals surface area contributed by atoms with Gasteiger partial charge in [0.1, 0.15) is 0 Å². The number of carbonyl (C=O) groups excluding carboxylic acids is 2. The predicted octanol–water partition coefficient (Wildman–Crippen LogP) is 2.05. The topological polar surface area (TPSA) is 46.6 Å². The molecule has 0 saturated carbocycles. The van der Waals surface area contributed by atoms with Crippen LogP contribution in [0.3, 0.4) is 0 Å². The van der Waals surface area contributed by atoms with Gasteiger partial charge in [-0.05, 0) is 5.41 Å². The quantitative estimate of drug-likeness (QED) is 0.446. The summed E-state index contributed by atoms with van der Waals surface area (Å²) in [5.41, 5.74) is -0.997. The Labute approximate surface area is 113 Å². The molecule has 0 N–H and O–H groups in total. The summed E-state index contributed by atoms with van der Waals surface area (Å²) in [6.07, 6.45) is 2.84. The monoisotopic (exact) mass is 271 g/mol. The van der Waals surface area contributed by atoms with Crippen molar-refractivity contribution in [3.05, 3.63) is 12.7 Å². The zero-order valence-electron chi connectivity index (χ0n) is 11.4. The van der Waals surface area contributed by atoms with Crippen LogP contribution in [0.25, 0.3) is 0 Å². The molecule has 0 aliphatic carbocycles. The maximum absolute atomic E-state index is 12.1. The van der Waals surface area contributed by atoms with Crippen LogP contribution in [0.1, 0.15) is 27.2 Å². The van der Waals surface area contributed by atoms with Gasteiger partial charge in [-0.2, -0.15) is 0 Å². The lowest BCUT2D eigenvalue weighted by Crippen LogP contribution is -2.56. The summed E-state index contributed by atoms with van der Waals surface area (Å²) < 4.78 is 4.88. The van der Waals surface area contributed by atoms with Crippen LogP contribution in [0.5, 0.6) is 0 Å². The van der Waals surface area contributed by atoms with Crippen LogP contribution < -0.4 is 0 Å². The van der Waals surface area contributed by atoms with E-state index in [2.05, 4.69) is 27.4 Å². The Morgan fingerprint density at radius 2 is 2.22 bits per heavy atom. The van der Waals surface area contributed by atoms with Crippen molar-refractivity contribution in [2.45, 2.75) is 38.1 Å². The Morgan fingerprint density at radius 1 is 1.61 bits per heavy atom. The van der Waals surface area contributed by atoms with Gasteiger partial charge in [0.2, 0.25) is 6.41 Å². The average molecular weight is 271 g/mol. The van der Waals surface area contributed by atoms with Gasteiger partial charge in [0.25, 0.3) is 0 Å². The number of ether oxygens (including phenoxy) is 1. The molecule has 102 valence electrons. The van der Waals surface area contributed by atoms with Crippen molar-refractivity contribution in [3.63, 3.8) is 0 Å². The number of carbonyl (C=O) groups is 2. The third-order valence-electron chi connectivity index (χ3n) is 3.13. The lowest BCUT2D eigenvalue weighted by molar-refractivity contribution is -0.157. The third kappa shape index (κ3) is 2.41. The minimum absolute atomic E-state index is 0.0333. The fraction of sp³-hybridized carbons (Fsp3) is 0.692. The Balaban J connectivity index is 3.17. The molecule has 18 heavy (non-hydrogen) atoms. The lowest BCUT2D eigenvalue weighted by atomic mass is 9.90. The maximum Gasteiger partial charge on any atom is 0.333 e. The first-order valence-electron chi connectivity index (χ1n) is 5.88. The normalized spacial score (nSPS) is 28.0. The van der Waals surface area contributed by atoms with Crippen LogP contribution in [0.15, 0.2) is 12.7 Å². The van der Waals surface area contributed by atoms with E-state index in [4.69, 9.17) is 4.74 Å². The van der Waals surface area contributed by atoms with Gasteiger partial charge >= 0.3 is 5.97 Å². The summed E-state index contributed by atoms with van der Waals surface area (Å²) >= 11 is 1.62. The molecule has 0 spiro atoms. The molecule has 1 amide bonds. The van der Waals surface area contributed by atoms with Gasteiger partial charge in [-0.25, -0.2) is 4.79 Å². The molecule has 0 aromatic rings. The minimum Gasteiger partial charge on any atom is -0.467 e. The van der Waals surface area contributed by atoms with Crippen LogP contribution in [-0.2, 0) is 14.3 Å². The minimum atomic E-state index is -0.902. The molecule has 4 nitrogen and oxygen atoms in total. The molecule has 5 heteroatoms. The largest absolute Gasteiger partial charge is 0.467 e. The number of methoxy groups -OCH3 is 1. The number of thioether (sulfide) groups is 1. The fourth-order valence-electron chi connectivity index (χ4n) is 2.26. The highest BCUT2D eigenvalue weighted by Gasteiger charge is 2.54. The second-order valence-corrected chi connectivity index (χ2v) is 6.63. The second kappa shape index (κ2) is 5.34. The molecule has 1 fully saturated rings. The van der Waals surface area contributed by atoms with Crippen molar-refractivity contribution >= 4 is 24.1 Å². The van der Waals surface area contributed by atoms with Crippen LogP contribution in [0.4, 0.5) is 0 Å². The van der Waals surface area contributed by atoms with E-state index in [9.17, 15) is 9.59 Å². The van der Waals surface area contributed by atoms with E-state index in [1.807, 2.05) is 0 Å². The summed E-state index contributed by atoms with van der Waals surface area (Å²) in [5, 5.41) is -0.0333. The number of rotatable bonds is 4. The first-order valence-corrected chi connectivity index (χ1v) is 6.93. The van der Waals surface area contributed by atoms with Crippen molar-refractivity contribution in [3.8, 4) is 0 Å². The number of amides is 1. The molecule has 1 aliphatic rings. The summed E-state index contributed by atoms with van der Waals surface area (Å²) in [6, 6.07) is 0. The fourth-order valence-corrected chi connectivity index (χ4v) is 3.99. The molecule has 0 bridgehead atoms. The lowest BCUT2D eigenvalue weighted by Gasteiger charge is -2.39. The molecule has 1 aliphatic heterocycles. The highest BCUT2D eigenvalue weighted by molar-refractivity contribution is 8.00. The number of hydrogen-bond acceptors (Lipinski definition) is 4. The van der Waals surface area contributed by atoms with E-state index in [0.29, 0.717) is 12.2 Å². The van der Waals surface area contributed by atoms with Crippen LogP contribution in [-0.4, -0.2) is 41.1 Å². The van der Waals surface area contributed by atoms with Gasteiger partial charge in [0, 0.05) is 12.2 Å². The first kappa shape index (κ1) is 15.1. The Bertz CT molecular complexity index is 351. The standard InChI is InChI=1S/C13H21NO3S/c1-6-7-13(11(16)17-5)8-18-10(12(2,3)4)14(13)9-15/h6,9-10H,1,7-8H2,2-5H3/t10-,13-/m1/s1. The van der Waals surface area contributed by atoms with Gasteiger partial charge in [0.15, 0.2) is 5.54 Å². The van der Waals surface area contributed by atoms with E-state index in [1.54, 1.807) is 22.7 Å². The number of esters is 1. The van der Waals surface area contributed by atoms with Crippen molar-refractivity contribution in [1.29, 1.82) is 0 Å². The van der Waals surface area contributed by atoms with Gasteiger partial charge in [-0.15, -0.1) is 18.3 Å². The van der Waals surface area contributed by atoms with Crippen LogP contribution in [0.2, 0.25) is 0 Å². The van der Waals surface area contributed by atoms with Gasteiger partial charge < -0.3 is 9.64 Å². The van der Waals surface area contributed by atoms with Gasteiger partial charge in [0.05, 0.1) is 12.5 Å². The van der Waals surface area contributed by atoms with Crippen molar-refractivity contribution in [2.24, 2.45) is 5.41 Å². The zero-order valence-corrected chi connectivity index (χ0v) is 12.3. The van der Waals surface area contributed by atoms with Crippen LogP contribution >= 0.6 is 11.8 Å². The first-order chi connectivity index (χ1) is 8.33. The SMILES string of the molecule is C=CC[C@]1(C(=O)OC)CS[C@H](C(C)(C)C)N1C=O. The average Bonchev–Trinajstić information content (AvgIpc) is 2.68. The summed E-state index contributed by atoms with van der Waals surface area (Å²) in [7, 11) is 1.35.